The molecular formula is C27H39N3O2. The van der Waals surface area contributed by atoms with Crippen LogP contribution in [0.3, 0.4) is 0 Å². The van der Waals surface area contributed by atoms with Crippen LogP contribution in [0, 0.1) is 5.92 Å². The lowest BCUT2D eigenvalue weighted by Crippen LogP contribution is -2.70. The SMILES string of the molecule is CCC1(C)CC(NC(=O)Nc2ccccc2)C(C)C(C)(CC)N1OCCc1ccccc1. The lowest BCUT2D eigenvalue weighted by Gasteiger charge is -2.59. The summed E-state index contributed by atoms with van der Waals surface area (Å²) in [5, 5.41) is 8.50. The average molecular weight is 438 g/mol. The number of hydrogen-bond acceptors (Lipinski definition) is 3. The van der Waals surface area contributed by atoms with Crippen LogP contribution in [0.15, 0.2) is 60.7 Å². The summed E-state index contributed by atoms with van der Waals surface area (Å²) < 4.78 is 0. The summed E-state index contributed by atoms with van der Waals surface area (Å²) in [6.07, 6.45) is 3.60. The van der Waals surface area contributed by atoms with Crippen LogP contribution < -0.4 is 10.6 Å². The predicted molar refractivity (Wildman–Crippen MR) is 131 cm³/mol. The molecule has 1 fully saturated rings. The van der Waals surface area contributed by atoms with Gasteiger partial charge in [-0.05, 0) is 63.1 Å². The first kappa shape index (κ1) is 24.3. The number of rotatable bonds is 8. The molecule has 2 N–H and O–H groups in total. The van der Waals surface area contributed by atoms with Gasteiger partial charge in [0.25, 0.3) is 0 Å². The van der Waals surface area contributed by atoms with Crippen LogP contribution >= 0.6 is 0 Å². The first-order valence-electron chi connectivity index (χ1n) is 11.9. The predicted octanol–water partition coefficient (Wildman–Crippen LogP) is 6.03. The van der Waals surface area contributed by atoms with Crippen molar-refractivity contribution in [3.8, 4) is 0 Å². The number of benzene rings is 2. The Balaban J connectivity index is 1.72. The van der Waals surface area contributed by atoms with Crippen LogP contribution in [0.1, 0.15) is 59.4 Å². The Kier molecular flexibility index (Phi) is 7.96. The van der Waals surface area contributed by atoms with Crippen molar-refractivity contribution in [3.63, 3.8) is 0 Å². The van der Waals surface area contributed by atoms with Crippen molar-refractivity contribution in [2.24, 2.45) is 5.92 Å². The van der Waals surface area contributed by atoms with Gasteiger partial charge in [0.1, 0.15) is 0 Å². The maximum atomic E-state index is 12.8. The molecule has 0 spiro atoms. The van der Waals surface area contributed by atoms with Gasteiger partial charge in [-0.2, -0.15) is 5.06 Å². The summed E-state index contributed by atoms with van der Waals surface area (Å²) in [5.41, 5.74) is 1.73. The molecule has 0 bridgehead atoms. The maximum Gasteiger partial charge on any atom is 0.319 e. The van der Waals surface area contributed by atoms with E-state index in [-0.39, 0.29) is 29.1 Å². The summed E-state index contributed by atoms with van der Waals surface area (Å²) in [6.45, 7) is 11.8. The fourth-order valence-electron chi connectivity index (χ4n) is 4.96. The van der Waals surface area contributed by atoms with Gasteiger partial charge in [0, 0.05) is 22.8 Å². The number of para-hydroxylation sites is 1. The zero-order chi connectivity index (χ0) is 23.2. The fourth-order valence-corrected chi connectivity index (χ4v) is 4.96. The molecule has 0 saturated carbocycles. The fraction of sp³-hybridized carbons (Fsp3) is 0.519. The number of carbonyl (C=O) groups is 1. The Hall–Kier alpha value is -2.37. The molecule has 174 valence electrons. The van der Waals surface area contributed by atoms with E-state index < -0.39 is 0 Å². The van der Waals surface area contributed by atoms with Crippen molar-refractivity contribution in [3.05, 3.63) is 66.2 Å². The van der Waals surface area contributed by atoms with E-state index in [0.29, 0.717) is 6.61 Å². The van der Waals surface area contributed by atoms with Gasteiger partial charge < -0.3 is 10.6 Å². The van der Waals surface area contributed by atoms with Gasteiger partial charge in [0.2, 0.25) is 0 Å². The number of piperidine rings is 1. The van der Waals surface area contributed by atoms with Gasteiger partial charge in [-0.15, -0.1) is 0 Å². The molecule has 32 heavy (non-hydrogen) atoms. The molecule has 1 heterocycles. The second-order valence-electron chi connectivity index (χ2n) is 9.49. The van der Waals surface area contributed by atoms with Gasteiger partial charge >= 0.3 is 6.03 Å². The Morgan fingerprint density at radius 2 is 1.66 bits per heavy atom. The minimum absolute atomic E-state index is 0.0579. The van der Waals surface area contributed by atoms with E-state index in [1.54, 1.807) is 0 Å². The highest BCUT2D eigenvalue weighted by atomic mass is 16.7. The van der Waals surface area contributed by atoms with Gasteiger partial charge in [0.05, 0.1) is 6.61 Å². The van der Waals surface area contributed by atoms with Crippen LogP contribution in [0.5, 0.6) is 0 Å². The molecule has 4 atom stereocenters. The zero-order valence-corrected chi connectivity index (χ0v) is 20.2. The minimum Gasteiger partial charge on any atom is -0.335 e. The van der Waals surface area contributed by atoms with E-state index in [1.807, 2.05) is 36.4 Å². The van der Waals surface area contributed by atoms with Crippen molar-refractivity contribution in [1.82, 2.24) is 10.4 Å². The molecule has 1 aliphatic rings. The third kappa shape index (κ3) is 5.33. The quantitative estimate of drug-likeness (QED) is 0.530. The third-order valence-electron chi connectivity index (χ3n) is 7.48. The summed E-state index contributed by atoms with van der Waals surface area (Å²) in [7, 11) is 0. The largest absolute Gasteiger partial charge is 0.335 e. The van der Waals surface area contributed by atoms with E-state index in [4.69, 9.17) is 4.84 Å². The summed E-state index contributed by atoms with van der Waals surface area (Å²) >= 11 is 0. The molecule has 0 radical (unpaired) electrons. The number of nitrogens with zero attached hydrogens (tertiary/aromatic N) is 1. The molecule has 3 rings (SSSR count). The Morgan fingerprint density at radius 1 is 1.03 bits per heavy atom. The van der Waals surface area contributed by atoms with E-state index in [9.17, 15) is 4.79 Å². The lowest BCUT2D eigenvalue weighted by molar-refractivity contribution is -0.306. The standard InChI is InChI=1S/C27H39N3O2/c1-6-26(4)20-24(29-25(31)28-23-16-12-9-13-17-23)21(3)27(5,7-2)30(26)32-19-18-22-14-10-8-11-15-22/h8-17,21,24H,6-7,18-20H2,1-5H3,(H2,28,29,31). The molecule has 5 nitrogen and oxygen atoms in total. The molecule has 0 aliphatic carbocycles. The van der Waals surface area contributed by atoms with E-state index >= 15 is 0 Å². The number of hydroxylamine groups is 2. The number of nitrogens with one attached hydrogen (secondary N) is 2. The second-order valence-corrected chi connectivity index (χ2v) is 9.49. The number of carbonyl (C=O) groups excluding carboxylic acids is 1. The van der Waals surface area contributed by atoms with Gasteiger partial charge in [-0.1, -0.05) is 69.3 Å². The summed E-state index contributed by atoms with van der Waals surface area (Å²) in [4.78, 5) is 19.3. The van der Waals surface area contributed by atoms with Crippen molar-refractivity contribution in [1.29, 1.82) is 0 Å². The molecule has 0 aromatic heterocycles. The molecule has 4 unspecified atom stereocenters. The third-order valence-corrected chi connectivity index (χ3v) is 7.48. The Morgan fingerprint density at radius 3 is 2.25 bits per heavy atom. The second kappa shape index (κ2) is 10.5. The number of urea groups is 1. The van der Waals surface area contributed by atoms with Crippen LogP contribution in [0.25, 0.3) is 0 Å². The van der Waals surface area contributed by atoms with Crippen LogP contribution in [-0.2, 0) is 11.3 Å². The highest BCUT2D eigenvalue weighted by Gasteiger charge is 2.54. The first-order valence-corrected chi connectivity index (χ1v) is 11.9. The Labute approximate surface area is 193 Å². The van der Waals surface area contributed by atoms with Gasteiger partial charge in [-0.3, -0.25) is 4.84 Å². The molecule has 2 aromatic rings. The highest BCUT2D eigenvalue weighted by molar-refractivity contribution is 5.89. The van der Waals surface area contributed by atoms with Crippen molar-refractivity contribution in [2.75, 3.05) is 11.9 Å². The highest BCUT2D eigenvalue weighted by Crippen LogP contribution is 2.45. The molecule has 5 heteroatoms. The van der Waals surface area contributed by atoms with Crippen LogP contribution in [0.4, 0.5) is 10.5 Å². The van der Waals surface area contributed by atoms with E-state index in [2.05, 4.69) is 74.6 Å². The topological polar surface area (TPSA) is 53.6 Å². The normalized spacial score (nSPS) is 28.3. The van der Waals surface area contributed by atoms with Crippen LogP contribution in [-0.4, -0.2) is 34.8 Å². The number of amides is 2. The molecular weight excluding hydrogens is 398 g/mol. The lowest BCUT2D eigenvalue weighted by atomic mass is 9.68. The summed E-state index contributed by atoms with van der Waals surface area (Å²) in [5.74, 6) is 0.227. The molecule has 2 aromatic carbocycles. The Bertz CT molecular complexity index is 860. The first-order chi connectivity index (χ1) is 15.3. The van der Waals surface area contributed by atoms with Crippen LogP contribution in [0.2, 0.25) is 0 Å². The van der Waals surface area contributed by atoms with E-state index in [1.165, 1.54) is 5.56 Å². The number of anilines is 1. The van der Waals surface area contributed by atoms with Crippen molar-refractivity contribution in [2.45, 2.75) is 77.4 Å². The molecule has 1 saturated heterocycles. The number of hydrogen-bond donors (Lipinski definition) is 2. The van der Waals surface area contributed by atoms with Crippen molar-refractivity contribution >= 4 is 11.7 Å². The van der Waals surface area contributed by atoms with Crippen molar-refractivity contribution < 1.29 is 9.63 Å². The monoisotopic (exact) mass is 437 g/mol. The van der Waals surface area contributed by atoms with Gasteiger partial charge in [0.15, 0.2) is 0 Å². The molecule has 2 amide bonds. The maximum absolute atomic E-state index is 12.8. The van der Waals surface area contributed by atoms with Gasteiger partial charge in [-0.25, -0.2) is 4.79 Å². The van der Waals surface area contributed by atoms with E-state index in [0.717, 1.165) is 31.4 Å². The average Bonchev–Trinajstić information content (AvgIpc) is 2.81. The summed E-state index contributed by atoms with van der Waals surface area (Å²) in [6, 6.07) is 20.0. The zero-order valence-electron chi connectivity index (χ0n) is 20.2. The smallest absolute Gasteiger partial charge is 0.319 e. The molecule has 1 aliphatic heterocycles. The minimum atomic E-state index is -0.190.